The van der Waals surface area contributed by atoms with Gasteiger partial charge in [-0.05, 0) is 73.8 Å². The largest absolute Gasteiger partial charge is 0.493 e. The van der Waals surface area contributed by atoms with Gasteiger partial charge in [0.1, 0.15) is 11.6 Å². The second-order valence-electron chi connectivity index (χ2n) is 7.44. The van der Waals surface area contributed by atoms with Crippen LogP contribution in [0.4, 0.5) is 0 Å². The number of nitrogens with zero attached hydrogens (tertiary/aromatic N) is 1. The highest BCUT2D eigenvalue weighted by Crippen LogP contribution is 2.29. The van der Waals surface area contributed by atoms with E-state index in [0.717, 1.165) is 43.9 Å². The van der Waals surface area contributed by atoms with Gasteiger partial charge in [-0.25, -0.2) is 0 Å². The van der Waals surface area contributed by atoms with Crippen LogP contribution in [0.25, 0.3) is 6.08 Å². The summed E-state index contributed by atoms with van der Waals surface area (Å²) in [6.07, 6.45) is 4.20. The predicted molar refractivity (Wildman–Crippen MR) is 131 cm³/mol. The molecule has 0 bridgehead atoms. The number of nitriles is 1. The molecule has 0 fully saturated rings. The van der Waals surface area contributed by atoms with Gasteiger partial charge in [0.2, 0.25) is 0 Å². The lowest BCUT2D eigenvalue weighted by Crippen LogP contribution is -2.28. The van der Waals surface area contributed by atoms with Crippen molar-refractivity contribution in [3.8, 4) is 29.1 Å². The van der Waals surface area contributed by atoms with Crippen LogP contribution in [0.15, 0.2) is 42.0 Å². The summed E-state index contributed by atoms with van der Waals surface area (Å²) in [6, 6.07) is 13.1. The summed E-state index contributed by atoms with van der Waals surface area (Å²) >= 11 is 0. The smallest absolute Gasteiger partial charge is 0.261 e. The molecular formula is C26H33N3O5. The fourth-order valence-electron chi connectivity index (χ4n) is 3.35. The van der Waals surface area contributed by atoms with E-state index in [2.05, 4.69) is 10.6 Å². The molecular weight excluding hydrogens is 434 g/mol. The van der Waals surface area contributed by atoms with Gasteiger partial charge in [0.25, 0.3) is 5.91 Å². The summed E-state index contributed by atoms with van der Waals surface area (Å²) in [5, 5.41) is 15.5. The van der Waals surface area contributed by atoms with E-state index in [1.54, 1.807) is 39.5 Å². The van der Waals surface area contributed by atoms with Crippen molar-refractivity contribution in [3.05, 3.63) is 53.1 Å². The molecule has 2 N–H and O–H groups in total. The second kappa shape index (κ2) is 14.4. The molecule has 34 heavy (non-hydrogen) atoms. The summed E-state index contributed by atoms with van der Waals surface area (Å²) in [4.78, 5) is 12.3. The lowest BCUT2D eigenvalue weighted by molar-refractivity contribution is -0.117. The summed E-state index contributed by atoms with van der Waals surface area (Å²) in [6.45, 7) is 2.12. The highest BCUT2D eigenvalue weighted by molar-refractivity contribution is 6.01. The van der Waals surface area contributed by atoms with Gasteiger partial charge in [-0.15, -0.1) is 0 Å². The van der Waals surface area contributed by atoms with Crippen molar-refractivity contribution in [1.82, 2.24) is 10.6 Å². The van der Waals surface area contributed by atoms with Crippen LogP contribution in [0, 0.1) is 11.3 Å². The zero-order valence-corrected chi connectivity index (χ0v) is 20.3. The third-order valence-electron chi connectivity index (χ3n) is 5.17. The first-order valence-corrected chi connectivity index (χ1v) is 11.1. The molecule has 0 saturated heterocycles. The van der Waals surface area contributed by atoms with E-state index in [1.807, 2.05) is 24.3 Å². The monoisotopic (exact) mass is 467 g/mol. The first-order chi connectivity index (χ1) is 16.6. The van der Waals surface area contributed by atoms with Crippen LogP contribution in [-0.4, -0.2) is 54.0 Å². The molecule has 0 aliphatic carbocycles. The highest BCUT2D eigenvalue weighted by Gasteiger charge is 2.10. The Morgan fingerprint density at radius 2 is 1.47 bits per heavy atom. The van der Waals surface area contributed by atoms with Crippen LogP contribution < -0.4 is 29.6 Å². The number of amides is 1. The summed E-state index contributed by atoms with van der Waals surface area (Å²) in [5.41, 5.74) is 1.91. The standard InChI is InChI=1S/C26H33N3O5/c1-31-22-10-8-19(16-24(22)33-3)7-5-12-28-13-6-14-29-26(30)21(18-27)15-20-9-11-23(32-2)25(17-20)34-4/h8-11,15-17,28H,5-7,12-14H2,1-4H3,(H,29,30)/b21-15+. The molecule has 0 atom stereocenters. The Morgan fingerprint density at radius 1 is 0.853 bits per heavy atom. The van der Waals surface area contributed by atoms with E-state index in [-0.39, 0.29) is 5.57 Å². The highest BCUT2D eigenvalue weighted by atomic mass is 16.5. The fourth-order valence-corrected chi connectivity index (χ4v) is 3.35. The van der Waals surface area contributed by atoms with Crippen molar-refractivity contribution < 1.29 is 23.7 Å². The maximum Gasteiger partial charge on any atom is 0.261 e. The van der Waals surface area contributed by atoms with Crippen LogP contribution in [0.3, 0.4) is 0 Å². The molecule has 2 aromatic carbocycles. The molecule has 0 spiro atoms. The number of ether oxygens (including phenoxy) is 4. The lowest BCUT2D eigenvalue weighted by Gasteiger charge is -2.10. The van der Waals surface area contributed by atoms with Crippen LogP contribution in [0.5, 0.6) is 23.0 Å². The van der Waals surface area contributed by atoms with Gasteiger partial charge in [-0.1, -0.05) is 12.1 Å². The summed E-state index contributed by atoms with van der Waals surface area (Å²) < 4.78 is 21.1. The average molecular weight is 468 g/mol. The van der Waals surface area contributed by atoms with Crippen LogP contribution in [0.2, 0.25) is 0 Å². The summed E-state index contributed by atoms with van der Waals surface area (Å²) in [7, 11) is 6.34. The zero-order valence-electron chi connectivity index (χ0n) is 20.3. The van der Waals surface area contributed by atoms with E-state index in [9.17, 15) is 10.1 Å². The first kappa shape index (κ1) is 26.6. The fraction of sp³-hybridized carbons (Fsp3) is 0.385. The molecule has 8 nitrogen and oxygen atoms in total. The molecule has 0 saturated carbocycles. The quantitative estimate of drug-likeness (QED) is 0.250. The number of benzene rings is 2. The number of aryl methyl sites for hydroxylation is 1. The molecule has 0 aliphatic heterocycles. The Labute approximate surface area is 201 Å². The topological polar surface area (TPSA) is 102 Å². The van der Waals surface area contributed by atoms with Gasteiger partial charge in [0.05, 0.1) is 28.4 Å². The molecule has 0 unspecified atom stereocenters. The van der Waals surface area contributed by atoms with E-state index < -0.39 is 5.91 Å². The van der Waals surface area contributed by atoms with Crippen molar-refractivity contribution in [2.75, 3.05) is 48.1 Å². The molecule has 2 rings (SSSR count). The Kier molecular flexibility index (Phi) is 11.3. The van der Waals surface area contributed by atoms with Crippen LogP contribution >= 0.6 is 0 Å². The van der Waals surface area contributed by atoms with Crippen LogP contribution in [0.1, 0.15) is 24.0 Å². The Morgan fingerprint density at radius 3 is 2.12 bits per heavy atom. The number of carbonyl (C=O) groups excluding carboxylic acids is 1. The average Bonchev–Trinajstić information content (AvgIpc) is 2.88. The normalized spacial score (nSPS) is 10.9. The molecule has 1 amide bonds. The Bertz CT molecular complexity index is 1010. The van der Waals surface area contributed by atoms with Gasteiger partial charge < -0.3 is 29.6 Å². The van der Waals surface area contributed by atoms with E-state index >= 15 is 0 Å². The number of methoxy groups -OCH3 is 4. The van der Waals surface area contributed by atoms with Crippen molar-refractivity contribution in [2.24, 2.45) is 0 Å². The first-order valence-electron chi connectivity index (χ1n) is 11.1. The third kappa shape index (κ3) is 8.01. The molecule has 0 radical (unpaired) electrons. The van der Waals surface area contributed by atoms with Gasteiger partial charge >= 0.3 is 0 Å². The van der Waals surface area contributed by atoms with E-state index in [4.69, 9.17) is 18.9 Å². The maximum atomic E-state index is 12.3. The van der Waals surface area contributed by atoms with Gasteiger partial charge in [-0.2, -0.15) is 5.26 Å². The van der Waals surface area contributed by atoms with E-state index in [1.165, 1.54) is 18.7 Å². The maximum absolute atomic E-state index is 12.3. The molecule has 0 heterocycles. The number of carbonyl (C=O) groups is 1. The number of rotatable bonds is 14. The minimum atomic E-state index is -0.397. The number of nitrogens with one attached hydrogen (secondary N) is 2. The van der Waals surface area contributed by atoms with E-state index in [0.29, 0.717) is 23.6 Å². The predicted octanol–water partition coefficient (Wildman–Crippen LogP) is 3.36. The number of hydrogen-bond donors (Lipinski definition) is 2. The Hall–Kier alpha value is -3.70. The molecule has 0 aromatic heterocycles. The molecule has 8 heteroatoms. The van der Waals surface area contributed by atoms with Gasteiger partial charge in [-0.3, -0.25) is 4.79 Å². The van der Waals surface area contributed by atoms with Crippen molar-refractivity contribution in [3.63, 3.8) is 0 Å². The minimum absolute atomic E-state index is 0.0371. The molecule has 2 aromatic rings. The zero-order chi connectivity index (χ0) is 24.8. The molecule has 0 aliphatic rings. The van der Waals surface area contributed by atoms with Gasteiger partial charge in [0.15, 0.2) is 23.0 Å². The lowest BCUT2D eigenvalue weighted by atomic mass is 10.1. The minimum Gasteiger partial charge on any atom is -0.493 e. The second-order valence-corrected chi connectivity index (χ2v) is 7.44. The number of hydrogen-bond acceptors (Lipinski definition) is 7. The van der Waals surface area contributed by atoms with Crippen LogP contribution in [-0.2, 0) is 11.2 Å². The SMILES string of the molecule is COc1ccc(/C=C(\C#N)C(=O)NCCCNCCCc2ccc(OC)c(OC)c2)cc1OC. The van der Waals surface area contributed by atoms with Gasteiger partial charge in [0, 0.05) is 6.54 Å². The third-order valence-corrected chi connectivity index (χ3v) is 5.17. The van der Waals surface area contributed by atoms with Crippen molar-refractivity contribution >= 4 is 12.0 Å². The Balaban J connectivity index is 1.70. The molecule has 182 valence electrons. The van der Waals surface area contributed by atoms with Crippen molar-refractivity contribution in [2.45, 2.75) is 19.3 Å². The van der Waals surface area contributed by atoms with Crippen molar-refractivity contribution in [1.29, 1.82) is 5.26 Å². The summed E-state index contributed by atoms with van der Waals surface area (Å²) in [5.74, 6) is 2.18.